The summed E-state index contributed by atoms with van der Waals surface area (Å²) in [5.41, 5.74) is 3.83. The molecule has 1 saturated heterocycles. The zero-order valence-corrected chi connectivity index (χ0v) is 33.2. The third-order valence-electron chi connectivity index (χ3n) is 9.78. The molecule has 4 amide bonds. The average Bonchev–Trinajstić information content (AvgIpc) is 3.13. The summed E-state index contributed by atoms with van der Waals surface area (Å²) in [6.45, 7) is 15.5. The Bertz CT molecular complexity index is 2090. The molecule has 0 aliphatic carbocycles. The third-order valence-corrected chi connectivity index (χ3v) is 9.78. The van der Waals surface area contributed by atoms with Gasteiger partial charge in [-0.05, 0) is 109 Å². The Balaban J connectivity index is 1.21. The lowest BCUT2D eigenvalue weighted by Crippen LogP contribution is -2.50. The molecule has 14 nitrogen and oxygen atoms in total. The van der Waals surface area contributed by atoms with E-state index in [2.05, 4.69) is 39.6 Å². The van der Waals surface area contributed by atoms with Gasteiger partial charge >= 0.3 is 18.2 Å². The van der Waals surface area contributed by atoms with Crippen molar-refractivity contribution in [1.82, 2.24) is 19.8 Å². The van der Waals surface area contributed by atoms with E-state index in [1.165, 1.54) is 0 Å². The van der Waals surface area contributed by atoms with Gasteiger partial charge in [0.25, 0.3) is 0 Å². The van der Waals surface area contributed by atoms with Gasteiger partial charge in [-0.15, -0.1) is 0 Å². The van der Waals surface area contributed by atoms with Crippen LogP contribution < -0.4 is 25.3 Å². The number of nitrogens with zero attached hydrogens (tertiary/aromatic N) is 7. The first-order valence-electron chi connectivity index (χ1n) is 19.1. The van der Waals surface area contributed by atoms with Gasteiger partial charge in [-0.3, -0.25) is 10.2 Å². The summed E-state index contributed by atoms with van der Waals surface area (Å²) in [5, 5.41) is 6.13. The molecule has 2 N–H and O–H groups in total. The van der Waals surface area contributed by atoms with Gasteiger partial charge in [0, 0.05) is 61.5 Å². The molecule has 4 heterocycles. The van der Waals surface area contributed by atoms with Crippen molar-refractivity contribution in [1.29, 1.82) is 0 Å². The number of likely N-dealkylation sites (N-methyl/N-ethyl adjacent to an activating group) is 1. The van der Waals surface area contributed by atoms with Crippen LogP contribution in [0.2, 0.25) is 0 Å². The number of amides is 4. The number of carbonyl (C=O) groups excluding carboxylic acids is 3. The summed E-state index contributed by atoms with van der Waals surface area (Å²) < 4.78 is 11.2. The summed E-state index contributed by atoms with van der Waals surface area (Å²) in [6.07, 6.45) is 1.19. The lowest BCUT2D eigenvalue weighted by molar-refractivity contribution is 0.0570. The summed E-state index contributed by atoms with van der Waals surface area (Å²) in [6, 6.07) is 22.2. The van der Waals surface area contributed by atoms with Crippen LogP contribution in [0.5, 0.6) is 0 Å². The number of para-hydroxylation sites is 1. The monoisotopic (exact) mass is 761 g/mol. The fraction of sp³-hybridized carbons (Fsp3) is 0.405. The molecule has 56 heavy (non-hydrogen) atoms. The first-order chi connectivity index (χ1) is 26.6. The average molecular weight is 762 g/mol. The Morgan fingerprint density at radius 2 is 1.52 bits per heavy atom. The summed E-state index contributed by atoms with van der Waals surface area (Å²) >= 11 is 0. The number of hydrogen-bond donors (Lipinski definition) is 2. The van der Waals surface area contributed by atoms with Crippen molar-refractivity contribution in [2.45, 2.75) is 71.8 Å². The maximum absolute atomic E-state index is 14.9. The van der Waals surface area contributed by atoms with Crippen LogP contribution in [0.15, 0.2) is 79.0 Å². The van der Waals surface area contributed by atoms with Crippen LogP contribution >= 0.6 is 0 Å². The molecule has 4 aromatic rings. The second-order valence-electron chi connectivity index (χ2n) is 16.4. The second kappa shape index (κ2) is 15.3. The first kappa shape index (κ1) is 38.4. The van der Waals surface area contributed by atoms with Crippen molar-refractivity contribution in [2.75, 3.05) is 65.1 Å². The van der Waals surface area contributed by atoms with Crippen LogP contribution in [0.4, 0.5) is 54.6 Å². The fourth-order valence-electron chi connectivity index (χ4n) is 7.18. The molecule has 3 aromatic carbocycles. The number of hydrogen-bond acceptors (Lipinski definition) is 10. The van der Waals surface area contributed by atoms with Gasteiger partial charge in [0.1, 0.15) is 11.2 Å². The molecule has 0 radical (unpaired) electrons. The molecule has 1 aromatic heterocycles. The zero-order chi connectivity index (χ0) is 39.8. The Hall–Kier alpha value is -5.89. The van der Waals surface area contributed by atoms with Crippen molar-refractivity contribution >= 4 is 58.4 Å². The van der Waals surface area contributed by atoms with Crippen molar-refractivity contribution in [3.05, 3.63) is 90.1 Å². The van der Waals surface area contributed by atoms with E-state index in [1.54, 1.807) is 65.9 Å². The standard InChI is InChI=1S/C42H51N9O5/c1-41(2,3)55-38(52)45-30-11-10-12-32(25-30)51-36-28(26-43-37(46-36)44-29-15-17-31(18-16-29)48-23-21-47(7)22-24-48)27-50(39(51)53)35-19-20-49(40(54)56-42(4,5)6)34-14-9-8-13-33(34)35/h8-18,25-26,35H,19-24,27H2,1-7H3,(H,45,52)(H,43,44,46). The quantitative estimate of drug-likeness (QED) is 0.198. The van der Waals surface area contributed by atoms with Gasteiger partial charge in [-0.2, -0.15) is 4.98 Å². The van der Waals surface area contributed by atoms with Crippen molar-refractivity contribution in [3.8, 4) is 0 Å². The highest BCUT2D eigenvalue weighted by molar-refractivity contribution is 6.02. The molecule has 0 spiro atoms. The minimum Gasteiger partial charge on any atom is -0.444 e. The Kier molecular flexibility index (Phi) is 10.5. The molecule has 3 aliphatic rings. The van der Waals surface area contributed by atoms with Crippen LogP contribution in [0.25, 0.3) is 0 Å². The Labute approximate surface area is 328 Å². The molecular formula is C42H51N9O5. The maximum atomic E-state index is 14.9. The van der Waals surface area contributed by atoms with Gasteiger partial charge in [-0.1, -0.05) is 24.3 Å². The summed E-state index contributed by atoms with van der Waals surface area (Å²) in [5.74, 6) is 0.757. The van der Waals surface area contributed by atoms with Gasteiger partial charge in [0.2, 0.25) is 5.95 Å². The highest BCUT2D eigenvalue weighted by atomic mass is 16.6. The highest BCUT2D eigenvalue weighted by Crippen LogP contribution is 2.43. The Morgan fingerprint density at radius 3 is 2.23 bits per heavy atom. The number of carbonyl (C=O) groups is 3. The molecule has 294 valence electrons. The number of benzene rings is 3. The number of rotatable bonds is 6. The number of anilines is 7. The zero-order valence-electron chi connectivity index (χ0n) is 33.2. The molecule has 0 bridgehead atoms. The molecule has 3 aliphatic heterocycles. The van der Waals surface area contributed by atoms with E-state index in [9.17, 15) is 14.4 Å². The lowest BCUT2D eigenvalue weighted by Gasteiger charge is -2.44. The molecule has 7 rings (SSSR count). The summed E-state index contributed by atoms with van der Waals surface area (Å²) in [4.78, 5) is 60.4. The van der Waals surface area contributed by atoms with E-state index in [-0.39, 0.29) is 18.6 Å². The van der Waals surface area contributed by atoms with Crippen LogP contribution in [-0.2, 0) is 16.0 Å². The largest absolute Gasteiger partial charge is 0.444 e. The predicted octanol–water partition coefficient (Wildman–Crippen LogP) is 8.28. The Morgan fingerprint density at radius 1 is 0.804 bits per heavy atom. The number of fused-ring (bicyclic) bond motifs is 2. The van der Waals surface area contributed by atoms with Crippen molar-refractivity contribution in [2.24, 2.45) is 0 Å². The number of nitrogens with one attached hydrogen (secondary N) is 2. The van der Waals surface area contributed by atoms with Crippen LogP contribution in [0.3, 0.4) is 0 Å². The van der Waals surface area contributed by atoms with Crippen molar-refractivity contribution in [3.63, 3.8) is 0 Å². The third kappa shape index (κ3) is 8.65. The topological polar surface area (TPSA) is 136 Å². The smallest absolute Gasteiger partial charge is 0.414 e. The van der Waals surface area contributed by atoms with E-state index in [4.69, 9.17) is 19.4 Å². The SMILES string of the molecule is CN1CCN(c2ccc(Nc3ncc4c(n3)N(c3cccc(NC(=O)OC(C)(C)C)c3)C(=O)N(C3CCN(C(=O)OC(C)(C)C)c5ccccc53)C4)cc2)CC1. The maximum Gasteiger partial charge on any atom is 0.414 e. The van der Waals surface area contributed by atoms with Gasteiger partial charge < -0.3 is 29.5 Å². The number of aromatic nitrogens is 2. The van der Waals surface area contributed by atoms with E-state index >= 15 is 0 Å². The molecule has 14 heteroatoms. The first-order valence-corrected chi connectivity index (χ1v) is 19.1. The molecule has 1 fully saturated rings. The summed E-state index contributed by atoms with van der Waals surface area (Å²) in [7, 11) is 2.14. The molecule has 1 atom stereocenters. The van der Waals surface area contributed by atoms with Gasteiger partial charge in [0.15, 0.2) is 5.82 Å². The van der Waals surface area contributed by atoms with Crippen LogP contribution in [0.1, 0.15) is 65.1 Å². The highest BCUT2D eigenvalue weighted by Gasteiger charge is 2.41. The second-order valence-corrected chi connectivity index (χ2v) is 16.4. The molecule has 0 saturated carbocycles. The molecular weight excluding hydrogens is 711 g/mol. The van der Waals surface area contributed by atoms with Gasteiger partial charge in [0.05, 0.1) is 24.0 Å². The lowest BCUT2D eigenvalue weighted by atomic mass is 9.94. The minimum absolute atomic E-state index is 0.242. The minimum atomic E-state index is -0.690. The van der Waals surface area contributed by atoms with Gasteiger partial charge in [-0.25, -0.2) is 24.3 Å². The van der Waals surface area contributed by atoms with E-state index < -0.39 is 23.4 Å². The van der Waals surface area contributed by atoms with E-state index in [0.29, 0.717) is 41.8 Å². The fourth-order valence-corrected chi connectivity index (χ4v) is 7.18. The molecule has 1 unspecified atom stereocenters. The number of piperazine rings is 1. The van der Waals surface area contributed by atoms with Crippen LogP contribution in [0, 0.1) is 0 Å². The predicted molar refractivity (Wildman–Crippen MR) is 218 cm³/mol. The van der Waals surface area contributed by atoms with Crippen molar-refractivity contribution < 1.29 is 23.9 Å². The van der Waals surface area contributed by atoms with E-state index in [1.807, 2.05) is 57.2 Å². The van der Waals surface area contributed by atoms with Crippen LogP contribution in [-0.4, -0.2) is 89.0 Å². The number of urea groups is 1. The van der Waals surface area contributed by atoms with E-state index in [0.717, 1.165) is 48.7 Å². The normalized spacial score (nSPS) is 17.6. The number of ether oxygens (including phenoxy) is 2.